The third-order valence-electron chi connectivity index (χ3n) is 6.20. The first kappa shape index (κ1) is 22.2. The fraction of sp³-hybridized carbons (Fsp3) is 0.375. The summed E-state index contributed by atoms with van der Waals surface area (Å²) in [5, 5.41) is 13.5. The summed E-state index contributed by atoms with van der Waals surface area (Å²) in [5.74, 6) is 0.459. The molecule has 0 radical (unpaired) electrons. The van der Waals surface area contributed by atoms with Crippen molar-refractivity contribution in [3.63, 3.8) is 0 Å². The van der Waals surface area contributed by atoms with E-state index < -0.39 is 17.2 Å². The average Bonchev–Trinajstić information content (AvgIpc) is 3.16. The third-order valence-corrected chi connectivity index (χ3v) is 6.20. The van der Waals surface area contributed by atoms with Crippen LogP contribution in [0.2, 0.25) is 0 Å². The lowest BCUT2D eigenvalue weighted by Crippen LogP contribution is -2.38. The van der Waals surface area contributed by atoms with Gasteiger partial charge in [0.2, 0.25) is 5.91 Å². The highest BCUT2D eigenvalue weighted by molar-refractivity contribution is 6.03. The van der Waals surface area contributed by atoms with E-state index in [0.29, 0.717) is 42.7 Å². The van der Waals surface area contributed by atoms with Crippen molar-refractivity contribution in [2.24, 2.45) is 5.41 Å². The molecule has 0 aliphatic heterocycles. The normalized spacial score (nSPS) is 21.5. The van der Waals surface area contributed by atoms with Crippen LogP contribution in [0.15, 0.2) is 48.7 Å². The number of alkyl halides is 3. The van der Waals surface area contributed by atoms with Gasteiger partial charge in [0.05, 0.1) is 17.4 Å². The molecule has 0 spiro atoms. The number of aromatic amines is 1. The van der Waals surface area contributed by atoms with Crippen molar-refractivity contribution >= 4 is 22.5 Å². The van der Waals surface area contributed by atoms with E-state index in [1.54, 1.807) is 18.3 Å². The Morgan fingerprint density at radius 2 is 1.88 bits per heavy atom. The highest BCUT2D eigenvalue weighted by Gasteiger charge is 2.37. The highest BCUT2D eigenvalue weighted by atomic mass is 19.4. The van der Waals surface area contributed by atoms with E-state index in [9.17, 15) is 23.1 Å². The maximum atomic E-state index is 12.9. The van der Waals surface area contributed by atoms with Gasteiger partial charge in [-0.3, -0.25) is 4.79 Å². The van der Waals surface area contributed by atoms with Crippen LogP contribution < -0.4 is 10.1 Å². The molecule has 4 rings (SSSR count). The number of aliphatic hydroxyl groups is 1. The number of nitrogens with one attached hydrogen (secondary N) is 2. The van der Waals surface area contributed by atoms with Crippen molar-refractivity contribution in [3.05, 3.63) is 59.8 Å². The number of aliphatic hydroxyl groups excluding tert-OH is 1. The summed E-state index contributed by atoms with van der Waals surface area (Å²) in [7, 11) is 0. The van der Waals surface area contributed by atoms with E-state index in [1.165, 1.54) is 12.1 Å². The Hall–Kier alpha value is -3.00. The van der Waals surface area contributed by atoms with Gasteiger partial charge in [0.15, 0.2) is 0 Å². The molecule has 5 nitrogen and oxygen atoms in total. The van der Waals surface area contributed by atoms with Crippen LogP contribution in [0.3, 0.4) is 0 Å². The maximum absolute atomic E-state index is 12.9. The second-order valence-electron chi connectivity index (χ2n) is 8.64. The molecule has 0 saturated heterocycles. The van der Waals surface area contributed by atoms with Gasteiger partial charge in [-0.15, -0.1) is 0 Å². The quantitative estimate of drug-likeness (QED) is 0.475. The van der Waals surface area contributed by atoms with Crippen LogP contribution in [-0.2, 0) is 17.6 Å². The topological polar surface area (TPSA) is 74.4 Å². The lowest BCUT2D eigenvalue weighted by atomic mass is 9.74. The predicted molar refractivity (Wildman–Crippen MR) is 115 cm³/mol. The largest absolute Gasteiger partial charge is 0.489 e. The fourth-order valence-corrected chi connectivity index (χ4v) is 3.99. The van der Waals surface area contributed by atoms with E-state index in [2.05, 4.69) is 10.3 Å². The molecule has 1 aromatic heterocycles. The molecule has 8 heteroatoms. The Morgan fingerprint density at radius 3 is 2.53 bits per heavy atom. The fourth-order valence-electron chi connectivity index (χ4n) is 3.99. The molecule has 32 heavy (non-hydrogen) atoms. The summed E-state index contributed by atoms with van der Waals surface area (Å²) in [5.41, 5.74) is 0.854. The van der Waals surface area contributed by atoms with Crippen LogP contribution in [-0.4, -0.2) is 22.1 Å². The SMILES string of the molecule is CC1(C(=O)Nc2c[nH]c3ccc(OCc4ccc(C(F)(F)F)cc4)cc23)CCC(O)CC1. The number of rotatable bonds is 5. The molecule has 0 atom stereocenters. The summed E-state index contributed by atoms with van der Waals surface area (Å²) in [6.07, 6.45) is -0.502. The molecule has 1 aliphatic rings. The molecule has 1 aliphatic carbocycles. The number of ether oxygens (including phenoxy) is 1. The standard InChI is InChI=1S/C24H25F3N2O3/c1-23(10-8-17(30)9-11-23)22(31)29-21-13-28-20-7-6-18(12-19(20)21)32-14-15-2-4-16(5-3-15)24(25,26)27/h2-7,12-13,17,28,30H,8-11,14H2,1H3,(H,29,31). The van der Waals surface area contributed by atoms with E-state index in [1.807, 2.05) is 13.0 Å². The van der Waals surface area contributed by atoms with Crippen molar-refractivity contribution in [3.8, 4) is 5.75 Å². The number of fused-ring (bicyclic) bond motifs is 1. The minimum absolute atomic E-state index is 0.0821. The van der Waals surface area contributed by atoms with Gasteiger partial charge < -0.3 is 20.1 Å². The van der Waals surface area contributed by atoms with Crippen molar-refractivity contribution in [2.75, 3.05) is 5.32 Å². The molecule has 1 heterocycles. The smallest absolute Gasteiger partial charge is 0.416 e. The molecular formula is C24H25F3N2O3. The molecule has 1 fully saturated rings. The summed E-state index contributed by atoms with van der Waals surface area (Å²) in [6, 6.07) is 10.2. The van der Waals surface area contributed by atoms with Crippen molar-refractivity contribution in [2.45, 2.75) is 51.5 Å². The number of aromatic nitrogens is 1. The first-order chi connectivity index (χ1) is 15.1. The van der Waals surface area contributed by atoms with Gasteiger partial charge in [-0.1, -0.05) is 19.1 Å². The number of carbonyl (C=O) groups excluding carboxylic acids is 1. The summed E-state index contributed by atoms with van der Waals surface area (Å²) < 4.78 is 43.9. The summed E-state index contributed by atoms with van der Waals surface area (Å²) in [4.78, 5) is 16.0. The van der Waals surface area contributed by atoms with Gasteiger partial charge in [0.25, 0.3) is 0 Å². The second-order valence-corrected chi connectivity index (χ2v) is 8.64. The molecule has 1 saturated carbocycles. The highest BCUT2D eigenvalue weighted by Crippen LogP contribution is 2.38. The zero-order chi connectivity index (χ0) is 22.9. The molecule has 0 bridgehead atoms. The Morgan fingerprint density at radius 1 is 1.19 bits per heavy atom. The Bertz CT molecular complexity index is 1100. The number of halogens is 3. The third kappa shape index (κ3) is 4.75. The number of carbonyl (C=O) groups is 1. The van der Waals surface area contributed by atoms with Crippen LogP contribution >= 0.6 is 0 Å². The minimum atomic E-state index is -4.37. The zero-order valence-electron chi connectivity index (χ0n) is 17.6. The number of hydrogen-bond donors (Lipinski definition) is 3. The number of benzene rings is 2. The van der Waals surface area contributed by atoms with E-state index in [-0.39, 0.29) is 18.6 Å². The van der Waals surface area contributed by atoms with Gasteiger partial charge in [0, 0.05) is 22.5 Å². The number of H-pyrrole nitrogens is 1. The summed E-state index contributed by atoms with van der Waals surface area (Å²) >= 11 is 0. The van der Waals surface area contributed by atoms with Crippen LogP contribution in [0.5, 0.6) is 5.75 Å². The molecule has 3 N–H and O–H groups in total. The van der Waals surface area contributed by atoms with Crippen molar-refractivity contribution in [1.29, 1.82) is 0 Å². The van der Waals surface area contributed by atoms with Gasteiger partial charge in [-0.25, -0.2) is 0 Å². The van der Waals surface area contributed by atoms with E-state index in [0.717, 1.165) is 23.0 Å². The van der Waals surface area contributed by atoms with Crippen LogP contribution in [0.25, 0.3) is 10.9 Å². The number of anilines is 1. The predicted octanol–water partition coefficient (Wildman–Crippen LogP) is 5.65. The molecular weight excluding hydrogens is 421 g/mol. The molecule has 1 amide bonds. The Balaban J connectivity index is 1.45. The second kappa shape index (κ2) is 8.50. The number of hydrogen-bond acceptors (Lipinski definition) is 3. The molecule has 3 aromatic rings. The first-order valence-electron chi connectivity index (χ1n) is 10.5. The van der Waals surface area contributed by atoms with Gasteiger partial charge in [0.1, 0.15) is 12.4 Å². The maximum Gasteiger partial charge on any atom is 0.416 e. The lowest BCUT2D eigenvalue weighted by Gasteiger charge is -2.34. The average molecular weight is 446 g/mol. The Labute approximate surface area is 183 Å². The summed E-state index contributed by atoms with van der Waals surface area (Å²) in [6.45, 7) is 2.04. The van der Waals surface area contributed by atoms with Gasteiger partial charge >= 0.3 is 6.18 Å². The van der Waals surface area contributed by atoms with Crippen molar-refractivity contribution < 1.29 is 27.8 Å². The van der Waals surface area contributed by atoms with Gasteiger partial charge in [-0.05, 0) is 61.6 Å². The molecule has 2 aromatic carbocycles. The van der Waals surface area contributed by atoms with E-state index >= 15 is 0 Å². The number of amides is 1. The van der Waals surface area contributed by atoms with Crippen LogP contribution in [0.1, 0.15) is 43.7 Å². The Kier molecular flexibility index (Phi) is 5.90. The van der Waals surface area contributed by atoms with Gasteiger partial charge in [-0.2, -0.15) is 13.2 Å². The first-order valence-corrected chi connectivity index (χ1v) is 10.5. The monoisotopic (exact) mass is 446 g/mol. The minimum Gasteiger partial charge on any atom is -0.489 e. The van der Waals surface area contributed by atoms with Crippen molar-refractivity contribution in [1.82, 2.24) is 4.98 Å². The lowest BCUT2D eigenvalue weighted by molar-refractivity contribution is -0.137. The molecule has 0 unspecified atom stereocenters. The zero-order valence-corrected chi connectivity index (χ0v) is 17.6. The van der Waals surface area contributed by atoms with E-state index in [4.69, 9.17) is 4.74 Å². The van der Waals surface area contributed by atoms with Crippen LogP contribution in [0.4, 0.5) is 18.9 Å². The van der Waals surface area contributed by atoms with Crippen LogP contribution in [0, 0.1) is 5.41 Å². The molecule has 170 valence electrons.